The monoisotopic (exact) mass is 339 g/mol. The van der Waals surface area contributed by atoms with E-state index < -0.39 is 0 Å². The van der Waals surface area contributed by atoms with E-state index in [0.29, 0.717) is 16.6 Å². The lowest BCUT2D eigenvalue weighted by Gasteiger charge is -2.11. The Hall–Kier alpha value is -2.60. The number of benzene rings is 1. The maximum atomic E-state index is 12.6. The van der Waals surface area contributed by atoms with Crippen molar-refractivity contribution in [1.82, 2.24) is 9.88 Å². The number of carbonyl (C=O) groups is 1. The zero-order valence-electron chi connectivity index (χ0n) is 13.5. The molecule has 0 aliphatic carbocycles. The van der Waals surface area contributed by atoms with E-state index in [1.807, 2.05) is 49.4 Å². The van der Waals surface area contributed by atoms with E-state index in [-0.39, 0.29) is 5.91 Å². The van der Waals surface area contributed by atoms with E-state index in [9.17, 15) is 4.79 Å². The van der Waals surface area contributed by atoms with Crippen LogP contribution in [0.5, 0.6) is 5.75 Å². The van der Waals surface area contributed by atoms with E-state index in [0.717, 1.165) is 17.0 Å². The minimum atomic E-state index is -0.0453. The maximum absolute atomic E-state index is 12.6. The molecule has 2 aromatic rings. The summed E-state index contributed by atoms with van der Waals surface area (Å²) in [6, 6.07) is 11.3. The predicted molar refractivity (Wildman–Crippen MR) is 97.3 cm³/mol. The van der Waals surface area contributed by atoms with Crippen LogP contribution in [0.2, 0.25) is 0 Å². The highest BCUT2D eigenvalue weighted by Gasteiger charge is 2.32. The van der Waals surface area contributed by atoms with Crippen molar-refractivity contribution >= 4 is 34.6 Å². The van der Waals surface area contributed by atoms with Gasteiger partial charge in [-0.1, -0.05) is 18.2 Å². The zero-order chi connectivity index (χ0) is 16.9. The van der Waals surface area contributed by atoms with Gasteiger partial charge in [0.1, 0.15) is 5.75 Å². The Morgan fingerprint density at radius 1 is 1.29 bits per heavy atom. The quantitative estimate of drug-likeness (QED) is 0.797. The van der Waals surface area contributed by atoms with E-state index in [1.165, 1.54) is 11.8 Å². The molecular formula is C18H17N3O2S. The van der Waals surface area contributed by atoms with Gasteiger partial charge in [0.2, 0.25) is 0 Å². The van der Waals surface area contributed by atoms with Crippen LogP contribution in [0.3, 0.4) is 0 Å². The van der Waals surface area contributed by atoms with Crippen molar-refractivity contribution in [3.05, 3.63) is 59.3 Å². The van der Waals surface area contributed by atoms with Gasteiger partial charge < -0.3 is 4.74 Å². The Labute approximate surface area is 145 Å². The number of nitrogens with zero attached hydrogens (tertiary/aromatic N) is 3. The molecule has 0 unspecified atom stereocenters. The third kappa shape index (κ3) is 3.33. The average Bonchev–Trinajstić information content (AvgIpc) is 2.91. The van der Waals surface area contributed by atoms with E-state index in [2.05, 4.69) is 9.98 Å². The summed E-state index contributed by atoms with van der Waals surface area (Å²) in [4.78, 5) is 23.5. The number of methoxy groups -OCH3 is 1. The van der Waals surface area contributed by atoms with E-state index in [4.69, 9.17) is 4.74 Å². The lowest BCUT2D eigenvalue weighted by molar-refractivity contribution is -0.122. The number of aliphatic imine (C=N–C) groups is 1. The maximum Gasteiger partial charge on any atom is 0.266 e. The topological polar surface area (TPSA) is 54.8 Å². The number of likely N-dealkylation sites (N-methyl/N-ethyl adjacent to an activating group) is 1. The van der Waals surface area contributed by atoms with Crippen molar-refractivity contribution in [1.29, 1.82) is 0 Å². The molecule has 2 heterocycles. The van der Waals surface area contributed by atoms with Gasteiger partial charge in [-0.05, 0) is 43.0 Å². The molecule has 1 aliphatic rings. The van der Waals surface area contributed by atoms with Crippen LogP contribution in [-0.2, 0) is 4.79 Å². The third-order valence-electron chi connectivity index (χ3n) is 3.50. The number of amides is 1. The molecule has 0 N–H and O–H groups in total. The Morgan fingerprint density at radius 3 is 2.83 bits per heavy atom. The highest BCUT2D eigenvalue weighted by atomic mass is 32.2. The molecule has 1 aliphatic heterocycles. The summed E-state index contributed by atoms with van der Waals surface area (Å²) >= 11 is 1.36. The number of rotatable bonds is 4. The summed E-state index contributed by atoms with van der Waals surface area (Å²) < 4.78 is 5.35. The van der Waals surface area contributed by atoms with Gasteiger partial charge in [0, 0.05) is 18.3 Å². The van der Waals surface area contributed by atoms with Crippen molar-refractivity contribution in [3.63, 3.8) is 0 Å². The predicted octanol–water partition coefficient (Wildman–Crippen LogP) is 3.71. The van der Waals surface area contributed by atoms with E-state index in [1.54, 1.807) is 24.4 Å². The number of carbonyl (C=O) groups excluding carboxylic acids is 1. The molecule has 0 radical (unpaired) electrons. The third-order valence-corrected chi connectivity index (χ3v) is 4.51. The first-order valence-electron chi connectivity index (χ1n) is 7.56. The fourth-order valence-electron chi connectivity index (χ4n) is 2.33. The highest BCUT2D eigenvalue weighted by Crippen LogP contribution is 2.35. The van der Waals surface area contributed by atoms with Crippen molar-refractivity contribution in [2.24, 2.45) is 4.99 Å². The van der Waals surface area contributed by atoms with Gasteiger partial charge in [-0.25, -0.2) is 4.99 Å². The van der Waals surface area contributed by atoms with Crippen LogP contribution in [0.25, 0.3) is 6.08 Å². The zero-order valence-corrected chi connectivity index (χ0v) is 14.3. The number of para-hydroxylation sites is 1. The fourth-order valence-corrected chi connectivity index (χ4v) is 3.38. The van der Waals surface area contributed by atoms with Crippen LogP contribution in [0, 0.1) is 0 Å². The van der Waals surface area contributed by atoms with Gasteiger partial charge in [0.05, 0.1) is 23.9 Å². The second-order valence-electron chi connectivity index (χ2n) is 5.01. The van der Waals surface area contributed by atoms with Gasteiger partial charge in [-0.15, -0.1) is 0 Å². The van der Waals surface area contributed by atoms with E-state index >= 15 is 0 Å². The molecule has 0 atom stereocenters. The molecule has 3 rings (SSSR count). The number of amidine groups is 1. The summed E-state index contributed by atoms with van der Waals surface area (Å²) in [5.74, 6) is 0.690. The molecule has 1 fully saturated rings. The van der Waals surface area contributed by atoms with Gasteiger partial charge in [-0.3, -0.25) is 14.7 Å². The minimum Gasteiger partial charge on any atom is -0.496 e. The van der Waals surface area contributed by atoms with Gasteiger partial charge >= 0.3 is 0 Å². The number of pyridine rings is 1. The van der Waals surface area contributed by atoms with Gasteiger partial charge in [0.15, 0.2) is 5.17 Å². The lowest BCUT2D eigenvalue weighted by Crippen LogP contribution is -2.28. The Bertz CT molecular complexity index is 803. The number of aromatic nitrogens is 1. The van der Waals surface area contributed by atoms with Crippen molar-refractivity contribution in [2.75, 3.05) is 13.7 Å². The van der Waals surface area contributed by atoms with Gasteiger partial charge in [-0.2, -0.15) is 0 Å². The summed E-state index contributed by atoms with van der Waals surface area (Å²) in [6.45, 7) is 2.50. The first-order chi connectivity index (χ1) is 11.7. The lowest BCUT2D eigenvalue weighted by atomic mass is 10.2. The molecule has 1 aromatic carbocycles. The normalized spacial score (nSPS) is 17.8. The Kier molecular flexibility index (Phi) is 4.96. The van der Waals surface area contributed by atoms with Crippen molar-refractivity contribution in [2.45, 2.75) is 6.92 Å². The summed E-state index contributed by atoms with van der Waals surface area (Å²) in [6.07, 6.45) is 5.22. The van der Waals surface area contributed by atoms with Crippen LogP contribution < -0.4 is 4.74 Å². The Balaban J connectivity index is 1.95. The first-order valence-corrected chi connectivity index (χ1v) is 8.37. The molecule has 5 nitrogen and oxygen atoms in total. The fraction of sp³-hybridized carbons (Fsp3) is 0.167. The van der Waals surface area contributed by atoms with Crippen LogP contribution in [0.1, 0.15) is 12.5 Å². The standard InChI is InChI=1S/C18H17N3O2S/c1-3-21-17(22)16(11-13-7-4-5-9-15(13)23-2)24-18(21)20-14-8-6-10-19-12-14/h4-12H,3H2,1-2H3/b16-11-,20-18?. The van der Waals surface area contributed by atoms with Crippen LogP contribution in [0.15, 0.2) is 58.7 Å². The second kappa shape index (κ2) is 7.31. The first kappa shape index (κ1) is 16.3. The smallest absolute Gasteiger partial charge is 0.266 e. The molecule has 0 saturated carbocycles. The molecule has 1 aromatic heterocycles. The molecule has 0 bridgehead atoms. The number of thioether (sulfide) groups is 1. The number of hydrogen-bond acceptors (Lipinski definition) is 5. The largest absolute Gasteiger partial charge is 0.496 e. The highest BCUT2D eigenvalue weighted by molar-refractivity contribution is 8.18. The molecule has 1 amide bonds. The van der Waals surface area contributed by atoms with Crippen LogP contribution >= 0.6 is 11.8 Å². The molecule has 1 saturated heterocycles. The summed E-state index contributed by atoms with van der Waals surface area (Å²) in [7, 11) is 1.62. The van der Waals surface area contributed by atoms with Crippen molar-refractivity contribution in [3.8, 4) is 5.75 Å². The molecule has 122 valence electrons. The second-order valence-corrected chi connectivity index (χ2v) is 6.02. The molecular weight excluding hydrogens is 322 g/mol. The van der Waals surface area contributed by atoms with Gasteiger partial charge in [0.25, 0.3) is 5.91 Å². The SMILES string of the molecule is CCN1C(=O)/C(=C/c2ccccc2OC)SC1=Nc1cccnc1. The number of ether oxygens (including phenoxy) is 1. The van der Waals surface area contributed by atoms with Crippen molar-refractivity contribution < 1.29 is 9.53 Å². The average molecular weight is 339 g/mol. The summed E-state index contributed by atoms with van der Waals surface area (Å²) in [5, 5.41) is 0.664. The summed E-state index contributed by atoms with van der Waals surface area (Å²) in [5.41, 5.74) is 1.60. The number of hydrogen-bond donors (Lipinski definition) is 0. The minimum absolute atomic E-state index is 0.0453. The molecule has 24 heavy (non-hydrogen) atoms. The van der Waals surface area contributed by atoms with Crippen LogP contribution in [0.4, 0.5) is 5.69 Å². The molecule has 0 spiro atoms. The van der Waals surface area contributed by atoms with Crippen LogP contribution in [-0.4, -0.2) is 34.6 Å². The Morgan fingerprint density at radius 2 is 2.12 bits per heavy atom. The molecule has 6 heteroatoms.